The van der Waals surface area contributed by atoms with E-state index in [4.69, 9.17) is 21.6 Å². The monoisotopic (exact) mass is 481 g/mol. The van der Waals surface area contributed by atoms with Crippen LogP contribution in [0.1, 0.15) is 24.2 Å². The summed E-state index contributed by atoms with van der Waals surface area (Å²) in [4.78, 5) is 29.8. The van der Waals surface area contributed by atoms with Crippen molar-refractivity contribution < 1.29 is 22.7 Å². The van der Waals surface area contributed by atoms with Gasteiger partial charge in [-0.2, -0.15) is 5.26 Å². The van der Waals surface area contributed by atoms with Crippen LogP contribution in [0.2, 0.25) is 5.02 Å². The summed E-state index contributed by atoms with van der Waals surface area (Å²) in [5, 5.41) is 9.26. The molecule has 0 atom stereocenters. The maximum Gasteiger partial charge on any atom is 0.307 e. The van der Waals surface area contributed by atoms with E-state index in [1.807, 2.05) is 6.07 Å². The van der Waals surface area contributed by atoms with E-state index in [-0.39, 0.29) is 31.0 Å². The lowest BCUT2D eigenvalue weighted by Gasteiger charge is -2.22. The number of nitrogens with zero attached hydrogens (tertiary/aromatic N) is 4. The summed E-state index contributed by atoms with van der Waals surface area (Å²) in [6.07, 6.45) is 1.19. The van der Waals surface area contributed by atoms with Gasteiger partial charge in [0.2, 0.25) is 0 Å². The van der Waals surface area contributed by atoms with Gasteiger partial charge in [0, 0.05) is 37.0 Å². The fraction of sp³-hybridized carbons (Fsp3) is 0.400. The third-order valence-corrected chi connectivity index (χ3v) is 6.30. The van der Waals surface area contributed by atoms with Crippen molar-refractivity contribution in [1.82, 2.24) is 14.3 Å². The van der Waals surface area contributed by atoms with Crippen molar-refractivity contribution >= 4 is 39.2 Å². The molecule has 0 aliphatic carbocycles. The number of amides is 1. The predicted molar refractivity (Wildman–Crippen MR) is 117 cm³/mol. The summed E-state index contributed by atoms with van der Waals surface area (Å²) in [5.41, 5.74) is 1.29. The Morgan fingerprint density at radius 1 is 1.34 bits per heavy atom. The number of aromatic nitrogens is 2. The molecule has 0 aliphatic heterocycles. The molecule has 0 unspecified atom stereocenters. The van der Waals surface area contributed by atoms with Gasteiger partial charge in [0.05, 0.1) is 18.9 Å². The van der Waals surface area contributed by atoms with Crippen LogP contribution in [0.15, 0.2) is 29.4 Å². The molecule has 0 fully saturated rings. The second-order valence-electron chi connectivity index (χ2n) is 6.93. The highest BCUT2D eigenvalue weighted by Gasteiger charge is 2.20. The summed E-state index contributed by atoms with van der Waals surface area (Å²) >= 11 is 6.02. The molecule has 172 valence electrons. The third kappa shape index (κ3) is 6.78. The molecular weight excluding hydrogens is 458 g/mol. The topological polar surface area (TPSA) is 134 Å². The van der Waals surface area contributed by atoms with Crippen molar-refractivity contribution in [1.29, 1.82) is 5.26 Å². The Hall–Kier alpha value is -2.94. The van der Waals surface area contributed by atoms with Gasteiger partial charge in [-0.05, 0) is 37.6 Å². The fourth-order valence-electron chi connectivity index (χ4n) is 2.67. The zero-order valence-corrected chi connectivity index (χ0v) is 19.5. The van der Waals surface area contributed by atoms with Crippen LogP contribution in [0.4, 0.5) is 5.69 Å². The van der Waals surface area contributed by atoms with Crippen LogP contribution in [0, 0.1) is 25.2 Å². The minimum atomic E-state index is -3.86. The van der Waals surface area contributed by atoms with E-state index in [9.17, 15) is 18.0 Å². The molecular formula is C20H24ClN5O5S. The van der Waals surface area contributed by atoms with Gasteiger partial charge in [-0.25, -0.2) is 18.1 Å². The number of halogens is 1. The molecule has 1 aromatic heterocycles. The SMILES string of the molecule is Cc1cc(N(CCC#N)C(=O)COC(=O)CCNS(=O)(=O)c2cn(C)c(C)n2)ccc1Cl. The maximum atomic E-state index is 12.6. The first-order valence-corrected chi connectivity index (χ1v) is 11.5. The molecule has 2 aromatic rings. The third-order valence-electron chi connectivity index (χ3n) is 4.54. The van der Waals surface area contributed by atoms with E-state index in [1.165, 1.54) is 11.1 Å². The molecule has 0 bridgehead atoms. The molecule has 0 radical (unpaired) electrons. The number of sulfonamides is 1. The summed E-state index contributed by atoms with van der Waals surface area (Å²) in [5.74, 6) is -0.731. The lowest BCUT2D eigenvalue weighted by Crippen LogP contribution is -2.36. The van der Waals surface area contributed by atoms with Crippen LogP contribution in [0.5, 0.6) is 0 Å². The number of rotatable bonds is 10. The quantitative estimate of drug-likeness (QED) is 0.511. The van der Waals surface area contributed by atoms with Crippen LogP contribution >= 0.6 is 11.6 Å². The number of hydrogen-bond donors (Lipinski definition) is 1. The van der Waals surface area contributed by atoms with Gasteiger partial charge in [0.15, 0.2) is 11.6 Å². The number of nitrogens with one attached hydrogen (secondary N) is 1. The highest BCUT2D eigenvalue weighted by molar-refractivity contribution is 7.89. The summed E-state index contributed by atoms with van der Waals surface area (Å²) in [6.45, 7) is 2.82. The number of anilines is 1. The van der Waals surface area contributed by atoms with Crippen molar-refractivity contribution in [2.75, 3.05) is 24.6 Å². The minimum absolute atomic E-state index is 0.0934. The number of nitriles is 1. The molecule has 1 aromatic carbocycles. The molecule has 0 spiro atoms. The summed E-state index contributed by atoms with van der Waals surface area (Å²) in [7, 11) is -2.19. The first-order chi connectivity index (χ1) is 15.0. The minimum Gasteiger partial charge on any atom is -0.456 e. The standard InChI is InChI=1S/C20H24ClN5O5S/c1-14-11-16(5-6-17(14)21)26(10-4-8-22)19(27)13-31-20(28)7-9-23-32(29,30)18-12-25(3)15(2)24-18/h5-6,11-12,23H,4,7,9-10,13H2,1-3H3. The van der Waals surface area contributed by atoms with Crippen LogP contribution in [0.25, 0.3) is 0 Å². The molecule has 12 heteroatoms. The van der Waals surface area contributed by atoms with Gasteiger partial charge < -0.3 is 14.2 Å². The average Bonchev–Trinajstić information content (AvgIpc) is 3.08. The van der Waals surface area contributed by atoms with Crippen molar-refractivity contribution in [2.45, 2.75) is 31.7 Å². The number of esters is 1. The molecule has 10 nitrogen and oxygen atoms in total. The van der Waals surface area contributed by atoms with Crippen LogP contribution in [-0.4, -0.2) is 49.5 Å². The molecule has 1 amide bonds. The summed E-state index contributed by atoms with van der Waals surface area (Å²) in [6, 6.07) is 6.95. The number of carbonyl (C=O) groups excluding carboxylic acids is 2. The zero-order valence-electron chi connectivity index (χ0n) is 18.0. The highest BCUT2D eigenvalue weighted by atomic mass is 35.5. The average molecular weight is 482 g/mol. The first kappa shape index (κ1) is 25.3. The van der Waals surface area contributed by atoms with Crippen molar-refractivity contribution in [2.24, 2.45) is 7.05 Å². The number of aryl methyl sites for hydroxylation is 3. The molecule has 1 N–H and O–H groups in total. The molecule has 0 saturated heterocycles. The van der Waals surface area contributed by atoms with Crippen molar-refractivity contribution in [3.63, 3.8) is 0 Å². The Morgan fingerprint density at radius 2 is 2.06 bits per heavy atom. The molecule has 0 saturated carbocycles. The molecule has 2 rings (SSSR count). The number of hydrogen-bond acceptors (Lipinski definition) is 7. The Bertz CT molecular complexity index is 1120. The van der Waals surface area contributed by atoms with Crippen molar-refractivity contribution in [3.8, 4) is 6.07 Å². The van der Waals surface area contributed by atoms with E-state index in [0.29, 0.717) is 16.5 Å². The number of imidazole rings is 1. The van der Waals surface area contributed by atoms with Crippen LogP contribution < -0.4 is 9.62 Å². The zero-order chi connectivity index (χ0) is 23.9. The Kier molecular flexibility index (Phi) is 8.77. The van der Waals surface area contributed by atoms with Crippen molar-refractivity contribution in [3.05, 3.63) is 40.8 Å². The van der Waals surface area contributed by atoms with Crippen LogP contribution in [0.3, 0.4) is 0 Å². The smallest absolute Gasteiger partial charge is 0.307 e. The largest absolute Gasteiger partial charge is 0.456 e. The highest BCUT2D eigenvalue weighted by Crippen LogP contribution is 2.23. The Labute approximate surface area is 191 Å². The number of benzene rings is 1. The van der Waals surface area contributed by atoms with E-state index < -0.39 is 28.5 Å². The maximum absolute atomic E-state index is 12.6. The fourth-order valence-corrected chi connectivity index (χ4v) is 3.85. The van der Waals surface area contributed by atoms with Crippen LogP contribution in [-0.2, 0) is 31.4 Å². The molecule has 1 heterocycles. The predicted octanol–water partition coefficient (Wildman–Crippen LogP) is 1.85. The normalized spacial score (nSPS) is 11.1. The van der Waals surface area contributed by atoms with E-state index in [2.05, 4.69) is 9.71 Å². The lowest BCUT2D eigenvalue weighted by molar-refractivity contribution is -0.147. The van der Waals surface area contributed by atoms with Gasteiger partial charge in [-0.1, -0.05) is 11.6 Å². The Balaban J connectivity index is 1.90. The lowest BCUT2D eigenvalue weighted by atomic mass is 10.2. The van der Waals surface area contributed by atoms with Gasteiger partial charge in [0.25, 0.3) is 15.9 Å². The van der Waals surface area contributed by atoms with Gasteiger partial charge in [0.1, 0.15) is 5.82 Å². The number of ether oxygens (including phenoxy) is 1. The van der Waals surface area contributed by atoms with E-state index in [0.717, 1.165) is 5.56 Å². The van der Waals surface area contributed by atoms with E-state index in [1.54, 1.807) is 43.7 Å². The Morgan fingerprint density at radius 3 is 2.66 bits per heavy atom. The van der Waals surface area contributed by atoms with E-state index >= 15 is 0 Å². The summed E-state index contributed by atoms with van der Waals surface area (Å²) < 4.78 is 33.2. The number of carbonyl (C=O) groups is 2. The van der Waals surface area contributed by atoms with Gasteiger partial charge >= 0.3 is 5.97 Å². The first-order valence-electron chi connectivity index (χ1n) is 9.64. The molecule has 0 aliphatic rings. The molecule has 32 heavy (non-hydrogen) atoms. The van der Waals surface area contributed by atoms with Gasteiger partial charge in [-0.3, -0.25) is 9.59 Å². The van der Waals surface area contributed by atoms with Gasteiger partial charge in [-0.15, -0.1) is 0 Å². The second kappa shape index (κ2) is 11.1. The second-order valence-corrected chi connectivity index (χ2v) is 9.05.